The molecule has 0 spiro atoms. The van der Waals surface area contributed by atoms with E-state index in [9.17, 15) is 9.59 Å². The molecule has 104 valence electrons. The van der Waals surface area contributed by atoms with Gasteiger partial charge in [0.1, 0.15) is 4.88 Å². The summed E-state index contributed by atoms with van der Waals surface area (Å²) in [7, 11) is 0. The summed E-state index contributed by atoms with van der Waals surface area (Å²) >= 11 is 1.36. The van der Waals surface area contributed by atoms with Crippen molar-refractivity contribution in [2.75, 3.05) is 32.7 Å². The molecule has 0 aliphatic carbocycles. The van der Waals surface area contributed by atoms with E-state index in [1.54, 1.807) is 10.4 Å². The number of amides is 1. The number of thiazole rings is 1. The zero-order valence-electron chi connectivity index (χ0n) is 10.8. The molecule has 1 N–H and O–H groups in total. The van der Waals surface area contributed by atoms with Crippen molar-refractivity contribution in [1.29, 1.82) is 0 Å². The summed E-state index contributed by atoms with van der Waals surface area (Å²) in [5.41, 5.74) is 2.44. The van der Waals surface area contributed by atoms with Gasteiger partial charge < -0.3 is 10.0 Å². The first kappa shape index (κ1) is 14.0. The van der Waals surface area contributed by atoms with Gasteiger partial charge in [0.2, 0.25) is 0 Å². The number of hydrogen-bond acceptors (Lipinski definition) is 5. The van der Waals surface area contributed by atoms with E-state index in [-0.39, 0.29) is 12.5 Å². The fourth-order valence-corrected chi connectivity index (χ4v) is 2.94. The molecule has 7 heteroatoms. The Morgan fingerprint density at radius 1 is 1.37 bits per heavy atom. The average molecular weight is 283 g/mol. The van der Waals surface area contributed by atoms with Crippen molar-refractivity contribution in [3.8, 4) is 0 Å². The zero-order valence-corrected chi connectivity index (χ0v) is 11.7. The van der Waals surface area contributed by atoms with Crippen molar-refractivity contribution in [2.24, 2.45) is 0 Å². The van der Waals surface area contributed by atoms with E-state index in [4.69, 9.17) is 5.11 Å². The summed E-state index contributed by atoms with van der Waals surface area (Å²) in [5, 5.41) is 8.79. The van der Waals surface area contributed by atoms with Gasteiger partial charge in [-0.3, -0.25) is 14.5 Å². The SMILES string of the molecule is Cc1ncsc1C(=O)N1CCCN(CC(=O)O)CC1. The number of carbonyl (C=O) groups excluding carboxylic acids is 1. The number of hydrogen-bond donors (Lipinski definition) is 1. The van der Waals surface area contributed by atoms with Crippen LogP contribution >= 0.6 is 11.3 Å². The molecule has 1 saturated heterocycles. The molecule has 1 aromatic rings. The Morgan fingerprint density at radius 3 is 2.79 bits per heavy atom. The second-order valence-electron chi connectivity index (χ2n) is 4.58. The van der Waals surface area contributed by atoms with E-state index in [1.165, 1.54) is 11.3 Å². The number of carboxylic acids is 1. The lowest BCUT2D eigenvalue weighted by atomic mass is 10.3. The van der Waals surface area contributed by atoms with Gasteiger partial charge >= 0.3 is 5.97 Å². The van der Waals surface area contributed by atoms with Crippen LogP contribution in [0, 0.1) is 6.92 Å². The lowest BCUT2D eigenvalue weighted by Gasteiger charge is -2.20. The van der Waals surface area contributed by atoms with Gasteiger partial charge in [0, 0.05) is 26.2 Å². The number of rotatable bonds is 3. The van der Waals surface area contributed by atoms with Gasteiger partial charge in [0.05, 0.1) is 17.7 Å². The molecule has 19 heavy (non-hydrogen) atoms. The van der Waals surface area contributed by atoms with Crippen LogP contribution < -0.4 is 0 Å². The van der Waals surface area contributed by atoms with E-state index in [1.807, 2.05) is 11.8 Å². The topological polar surface area (TPSA) is 73.7 Å². The van der Waals surface area contributed by atoms with Crippen molar-refractivity contribution in [3.05, 3.63) is 16.1 Å². The molecule has 1 aliphatic heterocycles. The minimum Gasteiger partial charge on any atom is -0.480 e. The average Bonchev–Trinajstić information content (AvgIpc) is 2.64. The Bertz CT molecular complexity index is 475. The molecule has 1 fully saturated rings. The third-order valence-corrected chi connectivity index (χ3v) is 4.09. The highest BCUT2D eigenvalue weighted by molar-refractivity contribution is 7.11. The fraction of sp³-hybridized carbons (Fsp3) is 0.583. The van der Waals surface area contributed by atoms with Crippen LogP contribution in [-0.4, -0.2) is 64.5 Å². The quantitative estimate of drug-likeness (QED) is 0.883. The van der Waals surface area contributed by atoms with Crippen molar-refractivity contribution < 1.29 is 14.7 Å². The molecule has 0 atom stereocenters. The molecule has 2 rings (SSSR count). The summed E-state index contributed by atoms with van der Waals surface area (Å²) in [5.74, 6) is -0.810. The molecule has 1 aliphatic rings. The monoisotopic (exact) mass is 283 g/mol. The van der Waals surface area contributed by atoms with E-state index in [0.717, 1.165) is 18.7 Å². The Balaban J connectivity index is 1.97. The predicted molar refractivity (Wildman–Crippen MR) is 71.4 cm³/mol. The van der Waals surface area contributed by atoms with Crippen LogP contribution in [-0.2, 0) is 4.79 Å². The largest absolute Gasteiger partial charge is 0.480 e. The maximum Gasteiger partial charge on any atom is 0.317 e. The van der Waals surface area contributed by atoms with Gasteiger partial charge in [0.15, 0.2) is 0 Å². The van der Waals surface area contributed by atoms with Crippen molar-refractivity contribution in [2.45, 2.75) is 13.3 Å². The van der Waals surface area contributed by atoms with Crippen LogP contribution in [0.3, 0.4) is 0 Å². The molecule has 2 heterocycles. The maximum absolute atomic E-state index is 12.3. The third kappa shape index (κ3) is 3.51. The van der Waals surface area contributed by atoms with Gasteiger partial charge in [0.25, 0.3) is 5.91 Å². The fourth-order valence-electron chi connectivity index (χ4n) is 2.17. The second kappa shape index (κ2) is 6.12. The van der Waals surface area contributed by atoms with Crippen molar-refractivity contribution in [3.63, 3.8) is 0 Å². The van der Waals surface area contributed by atoms with Crippen LogP contribution in [0.4, 0.5) is 0 Å². The summed E-state index contributed by atoms with van der Waals surface area (Å²) in [4.78, 5) is 31.5. The van der Waals surface area contributed by atoms with Crippen LogP contribution in [0.15, 0.2) is 5.51 Å². The van der Waals surface area contributed by atoms with Gasteiger partial charge in [-0.25, -0.2) is 4.98 Å². The molecular weight excluding hydrogens is 266 g/mol. The first-order valence-corrected chi connectivity index (χ1v) is 7.09. The molecule has 0 bridgehead atoms. The normalized spacial score (nSPS) is 17.2. The van der Waals surface area contributed by atoms with E-state index >= 15 is 0 Å². The van der Waals surface area contributed by atoms with E-state index < -0.39 is 5.97 Å². The minimum atomic E-state index is -0.821. The first-order valence-electron chi connectivity index (χ1n) is 6.21. The molecule has 0 unspecified atom stereocenters. The Kier molecular flexibility index (Phi) is 4.49. The van der Waals surface area contributed by atoms with Gasteiger partial charge in [-0.1, -0.05) is 0 Å². The summed E-state index contributed by atoms with van der Waals surface area (Å²) < 4.78 is 0. The summed E-state index contributed by atoms with van der Waals surface area (Å²) in [6.45, 7) is 4.45. The second-order valence-corrected chi connectivity index (χ2v) is 5.44. The van der Waals surface area contributed by atoms with E-state index in [2.05, 4.69) is 4.98 Å². The summed E-state index contributed by atoms with van der Waals surface area (Å²) in [6.07, 6.45) is 0.802. The van der Waals surface area contributed by atoms with Crippen molar-refractivity contribution >= 4 is 23.2 Å². The highest BCUT2D eigenvalue weighted by Gasteiger charge is 2.23. The third-order valence-electron chi connectivity index (χ3n) is 3.17. The molecule has 6 nitrogen and oxygen atoms in total. The molecule has 0 saturated carbocycles. The zero-order chi connectivity index (χ0) is 13.8. The lowest BCUT2D eigenvalue weighted by molar-refractivity contribution is -0.138. The Morgan fingerprint density at radius 2 is 2.16 bits per heavy atom. The Labute approximate surface area is 115 Å². The number of carbonyl (C=O) groups is 2. The summed E-state index contributed by atoms with van der Waals surface area (Å²) in [6, 6.07) is 0. The van der Waals surface area contributed by atoms with Crippen LogP contribution in [0.1, 0.15) is 21.8 Å². The lowest BCUT2D eigenvalue weighted by Crippen LogP contribution is -2.36. The highest BCUT2D eigenvalue weighted by atomic mass is 32.1. The molecule has 0 radical (unpaired) electrons. The predicted octanol–water partition coefficient (Wildman–Crippen LogP) is 0.684. The van der Waals surface area contributed by atoms with Gasteiger partial charge in [-0.05, 0) is 13.3 Å². The van der Waals surface area contributed by atoms with Gasteiger partial charge in [-0.2, -0.15) is 0 Å². The molecule has 1 aromatic heterocycles. The number of aryl methyl sites for hydroxylation is 1. The van der Waals surface area contributed by atoms with E-state index in [0.29, 0.717) is 24.5 Å². The highest BCUT2D eigenvalue weighted by Crippen LogP contribution is 2.16. The standard InChI is InChI=1S/C12H17N3O3S/c1-9-11(19-8-13-9)12(18)15-4-2-3-14(5-6-15)7-10(16)17/h8H,2-7H2,1H3,(H,16,17). The van der Waals surface area contributed by atoms with Crippen molar-refractivity contribution in [1.82, 2.24) is 14.8 Å². The molecular formula is C12H17N3O3S. The smallest absolute Gasteiger partial charge is 0.317 e. The minimum absolute atomic E-state index is 0.0113. The van der Waals surface area contributed by atoms with Crippen LogP contribution in [0.5, 0.6) is 0 Å². The Hall–Kier alpha value is -1.47. The first-order chi connectivity index (χ1) is 9.08. The molecule has 0 aromatic carbocycles. The number of aromatic nitrogens is 1. The van der Waals surface area contributed by atoms with Crippen LogP contribution in [0.2, 0.25) is 0 Å². The number of carboxylic acid groups (broad SMARTS) is 1. The maximum atomic E-state index is 12.3. The van der Waals surface area contributed by atoms with Gasteiger partial charge in [-0.15, -0.1) is 11.3 Å². The number of nitrogens with zero attached hydrogens (tertiary/aromatic N) is 3. The molecule has 1 amide bonds. The number of aliphatic carboxylic acids is 1. The van der Waals surface area contributed by atoms with Crippen LogP contribution in [0.25, 0.3) is 0 Å².